The lowest BCUT2D eigenvalue weighted by Crippen LogP contribution is -2.41. The zero-order valence-electron chi connectivity index (χ0n) is 10.6. The zero-order valence-corrected chi connectivity index (χ0v) is 10.6. The molecule has 2 aliphatic heterocycles. The van der Waals surface area contributed by atoms with Gasteiger partial charge < -0.3 is 15.0 Å². The van der Waals surface area contributed by atoms with Gasteiger partial charge in [-0.1, -0.05) is 0 Å². The van der Waals surface area contributed by atoms with Crippen LogP contribution < -0.4 is 5.32 Å². The van der Waals surface area contributed by atoms with Crippen molar-refractivity contribution in [2.24, 2.45) is 5.92 Å². The molecular formula is C13H24N2O2. The Labute approximate surface area is 104 Å². The van der Waals surface area contributed by atoms with E-state index in [0.29, 0.717) is 12.5 Å². The van der Waals surface area contributed by atoms with Gasteiger partial charge in [-0.05, 0) is 44.6 Å². The van der Waals surface area contributed by atoms with Crippen molar-refractivity contribution in [2.75, 3.05) is 39.4 Å². The number of nitrogens with one attached hydrogen (secondary N) is 1. The second kappa shape index (κ2) is 6.97. The van der Waals surface area contributed by atoms with Crippen LogP contribution in [0, 0.1) is 5.92 Å². The van der Waals surface area contributed by atoms with Gasteiger partial charge in [-0.2, -0.15) is 0 Å². The molecule has 2 aliphatic rings. The Hall–Kier alpha value is -0.610. The lowest BCUT2D eigenvalue weighted by atomic mass is 10.1. The Morgan fingerprint density at radius 1 is 1.29 bits per heavy atom. The molecule has 1 unspecified atom stereocenters. The first kappa shape index (κ1) is 12.8. The Bertz CT molecular complexity index is 234. The normalized spacial score (nSPS) is 25.2. The number of hydrogen-bond donors (Lipinski definition) is 1. The first-order valence-electron chi connectivity index (χ1n) is 6.92. The summed E-state index contributed by atoms with van der Waals surface area (Å²) in [5.74, 6) is 0.972. The Morgan fingerprint density at radius 3 is 2.82 bits per heavy atom. The number of amides is 1. The molecule has 17 heavy (non-hydrogen) atoms. The number of likely N-dealkylation sites (tertiary alicyclic amines) is 1. The molecule has 4 nitrogen and oxygen atoms in total. The van der Waals surface area contributed by atoms with Crippen molar-refractivity contribution < 1.29 is 9.53 Å². The molecule has 4 heteroatoms. The van der Waals surface area contributed by atoms with Crippen LogP contribution in [0.5, 0.6) is 0 Å². The van der Waals surface area contributed by atoms with Crippen molar-refractivity contribution in [1.82, 2.24) is 10.2 Å². The van der Waals surface area contributed by atoms with Crippen LogP contribution in [0.1, 0.15) is 32.1 Å². The SMILES string of the molecule is O=C(CNCCC1CCOC1)N1CCCCC1. The quantitative estimate of drug-likeness (QED) is 0.729. The van der Waals surface area contributed by atoms with Crippen LogP contribution in [-0.4, -0.2) is 50.2 Å². The van der Waals surface area contributed by atoms with Crippen LogP contribution >= 0.6 is 0 Å². The number of carbonyl (C=O) groups excluding carboxylic acids is 1. The largest absolute Gasteiger partial charge is 0.381 e. The lowest BCUT2D eigenvalue weighted by Gasteiger charge is -2.26. The van der Waals surface area contributed by atoms with Gasteiger partial charge >= 0.3 is 0 Å². The maximum Gasteiger partial charge on any atom is 0.236 e. The lowest BCUT2D eigenvalue weighted by molar-refractivity contribution is -0.131. The van der Waals surface area contributed by atoms with Crippen molar-refractivity contribution in [1.29, 1.82) is 0 Å². The molecule has 2 saturated heterocycles. The molecule has 0 aromatic rings. The molecule has 0 aromatic heterocycles. The minimum atomic E-state index is 0.271. The van der Waals surface area contributed by atoms with Crippen LogP contribution in [0.2, 0.25) is 0 Å². The minimum absolute atomic E-state index is 0.271. The van der Waals surface area contributed by atoms with E-state index in [1.165, 1.54) is 25.7 Å². The summed E-state index contributed by atoms with van der Waals surface area (Å²) in [6, 6.07) is 0. The van der Waals surface area contributed by atoms with E-state index < -0.39 is 0 Å². The number of ether oxygens (including phenoxy) is 1. The van der Waals surface area contributed by atoms with Gasteiger partial charge in [0.05, 0.1) is 6.54 Å². The molecule has 0 aliphatic carbocycles. The second-order valence-corrected chi connectivity index (χ2v) is 5.14. The fourth-order valence-corrected chi connectivity index (χ4v) is 2.57. The topological polar surface area (TPSA) is 41.6 Å². The summed E-state index contributed by atoms with van der Waals surface area (Å²) >= 11 is 0. The highest BCUT2D eigenvalue weighted by Gasteiger charge is 2.17. The summed E-state index contributed by atoms with van der Waals surface area (Å²) in [6.45, 7) is 5.17. The summed E-state index contributed by atoms with van der Waals surface area (Å²) in [5, 5.41) is 3.26. The van der Waals surface area contributed by atoms with E-state index in [-0.39, 0.29) is 5.91 Å². The highest BCUT2D eigenvalue weighted by molar-refractivity contribution is 5.78. The van der Waals surface area contributed by atoms with Gasteiger partial charge in [-0.3, -0.25) is 4.79 Å². The van der Waals surface area contributed by atoms with Crippen LogP contribution in [0.25, 0.3) is 0 Å². The minimum Gasteiger partial charge on any atom is -0.381 e. The van der Waals surface area contributed by atoms with Gasteiger partial charge in [0.2, 0.25) is 5.91 Å². The molecule has 0 saturated carbocycles. The molecule has 1 N–H and O–H groups in total. The van der Waals surface area contributed by atoms with E-state index in [4.69, 9.17) is 4.74 Å². The van der Waals surface area contributed by atoms with Crippen LogP contribution in [-0.2, 0) is 9.53 Å². The summed E-state index contributed by atoms with van der Waals surface area (Å²) in [5.41, 5.74) is 0. The fourth-order valence-electron chi connectivity index (χ4n) is 2.57. The van der Waals surface area contributed by atoms with Crippen molar-refractivity contribution >= 4 is 5.91 Å². The van der Waals surface area contributed by atoms with Gasteiger partial charge in [0, 0.05) is 26.3 Å². The molecule has 0 bridgehead atoms. The molecule has 0 aromatic carbocycles. The summed E-state index contributed by atoms with van der Waals surface area (Å²) in [7, 11) is 0. The number of hydrogen-bond acceptors (Lipinski definition) is 3. The standard InChI is InChI=1S/C13H24N2O2/c16-13(15-7-2-1-3-8-15)10-14-6-4-12-5-9-17-11-12/h12,14H,1-11H2. The van der Waals surface area contributed by atoms with Crippen LogP contribution in [0.3, 0.4) is 0 Å². The monoisotopic (exact) mass is 240 g/mol. The maximum absolute atomic E-state index is 11.8. The van der Waals surface area contributed by atoms with E-state index >= 15 is 0 Å². The van der Waals surface area contributed by atoms with Gasteiger partial charge in [0.15, 0.2) is 0 Å². The average Bonchev–Trinajstić information content (AvgIpc) is 2.88. The summed E-state index contributed by atoms with van der Waals surface area (Å²) in [4.78, 5) is 13.8. The predicted molar refractivity (Wildman–Crippen MR) is 66.8 cm³/mol. The average molecular weight is 240 g/mol. The molecule has 0 radical (unpaired) electrons. The molecule has 1 amide bonds. The Kier molecular flexibility index (Phi) is 5.26. The number of piperidine rings is 1. The summed E-state index contributed by atoms with van der Waals surface area (Å²) < 4.78 is 5.33. The van der Waals surface area contributed by atoms with Crippen molar-refractivity contribution in [3.8, 4) is 0 Å². The van der Waals surface area contributed by atoms with Crippen molar-refractivity contribution in [3.05, 3.63) is 0 Å². The summed E-state index contributed by atoms with van der Waals surface area (Å²) in [6.07, 6.45) is 5.93. The fraction of sp³-hybridized carbons (Fsp3) is 0.923. The highest BCUT2D eigenvalue weighted by Crippen LogP contribution is 2.15. The Balaban J connectivity index is 1.53. The van der Waals surface area contributed by atoms with Crippen molar-refractivity contribution in [3.63, 3.8) is 0 Å². The van der Waals surface area contributed by atoms with Gasteiger partial charge in [0.25, 0.3) is 0 Å². The second-order valence-electron chi connectivity index (χ2n) is 5.14. The van der Waals surface area contributed by atoms with Gasteiger partial charge in [-0.15, -0.1) is 0 Å². The smallest absolute Gasteiger partial charge is 0.236 e. The molecule has 98 valence electrons. The van der Waals surface area contributed by atoms with E-state index in [9.17, 15) is 4.79 Å². The van der Waals surface area contributed by atoms with Gasteiger partial charge in [0.1, 0.15) is 0 Å². The third-order valence-electron chi connectivity index (χ3n) is 3.74. The molecule has 2 fully saturated rings. The number of nitrogens with zero attached hydrogens (tertiary/aromatic N) is 1. The molecule has 2 rings (SSSR count). The Morgan fingerprint density at radius 2 is 2.12 bits per heavy atom. The zero-order chi connectivity index (χ0) is 11.9. The maximum atomic E-state index is 11.8. The number of rotatable bonds is 5. The van der Waals surface area contributed by atoms with E-state index in [0.717, 1.165) is 39.3 Å². The van der Waals surface area contributed by atoms with Crippen LogP contribution in [0.4, 0.5) is 0 Å². The predicted octanol–water partition coefficient (Wildman–Crippen LogP) is 1.02. The number of carbonyl (C=O) groups is 1. The van der Waals surface area contributed by atoms with Crippen LogP contribution in [0.15, 0.2) is 0 Å². The highest BCUT2D eigenvalue weighted by atomic mass is 16.5. The van der Waals surface area contributed by atoms with E-state index in [2.05, 4.69) is 5.32 Å². The van der Waals surface area contributed by atoms with E-state index in [1.54, 1.807) is 0 Å². The van der Waals surface area contributed by atoms with Crippen molar-refractivity contribution in [2.45, 2.75) is 32.1 Å². The first-order valence-corrected chi connectivity index (χ1v) is 6.92. The van der Waals surface area contributed by atoms with E-state index in [1.807, 2.05) is 4.90 Å². The molecule has 0 spiro atoms. The third kappa shape index (κ3) is 4.28. The molecular weight excluding hydrogens is 216 g/mol. The third-order valence-corrected chi connectivity index (χ3v) is 3.74. The first-order chi connectivity index (χ1) is 8.36. The molecule has 2 heterocycles. The van der Waals surface area contributed by atoms with Gasteiger partial charge in [-0.25, -0.2) is 0 Å². The molecule has 1 atom stereocenters.